The highest BCUT2D eigenvalue weighted by Gasteiger charge is 2.06. The van der Waals surface area contributed by atoms with E-state index in [1.54, 1.807) is 0 Å². The number of ether oxygens (including phenoxy) is 1. The second-order valence-electron chi connectivity index (χ2n) is 4.09. The Morgan fingerprint density at radius 2 is 2.11 bits per heavy atom. The highest BCUT2D eigenvalue weighted by molar-refractivity contribution is 6.49. The minimum absolute atomic E-state index is 0.368. The van der Waals surface area contributed by atoms with Crippen LogP contribution < -0.4 is 4.43 Å². The van der Waals surface area contributed by atoms with Crippen LogP contribution in [0.5, 0.6) is 5.75 Å². The molecule has 0 amide bonds. The molecule has 3 nitrogen and oxygen atoms in total. The van der Waals surface area contributed by atoms with Gasteiger partial charge in [-0.15, -0.1) is 0 Å². The van der Waals surface area contributed by atoms with Crippen LogP contribution in [0, 0.1) is 0 Å². The highest BCUT2D eigenvalue weighted by Crippen LogP contribution is 2.20. The van der Waals surface area contributed by atoms with Crippen LogP contribution in [0.25, 0.3) is 0 Å². The van der Waals surface area contributed by atoms with Gasteiger partial charge >= 0.3 is 5.97 Å². The molecule has 1 radical (unpaired) electrons. The average Bonchev–Trinajstić information content (AvgIpc) is 2.35. The van der Waals surface area contributed by atoms with Crippen molar-refractivity contribution in [1.82, 2.24) is 0 Å². The molecule has 97 valence electrons. The Balaban J connectivity index is 2.46. The minimum Gasteiger partial charge on any atom is -0.542 e. The number of para-hydroxylation sites is 1. The quantitative estimate of drug-likeness (QED) is 0.328. The second kappa shape index (κ2) is 7.71. The fourth-order valence-electron chi connectivity index (χ4n) is 1.52. The first-order valence-corrected chi connectivity index (χ1v) is 8.39. The lowest BCUT2D eigenvalue weighted by Gasteiger charge is -2.13. The molecule has 0 bridgehead atoms. The predicted molar refractivity (Wildman–Crippen MR) is 74.0 cm³/mol. The predicted octanol–water partition coefficient (Wildman–Crippen LogP) is 2.98. The Kier molecular flexibility index (Phi) is 6.22. The Bertz CT molecular complexity index is 402. The zero-order valence-corrected chi connectivity index (χ0v) is 11.9. The van der Waals surface area contributed by atoms with Gasteiger partial charge in [-0.1, -0.05) is 24.8 Å². The SMILES string of the molecule is C=CC(=O)OCCCc1ccccc1O[Si](C)C. The van der Waals surface area contributed by atoms with E-state index in [1.165, 1.54) is 11.6 Å². The maximum Gasteiger partial charge on any atom is 0.330 e. The van der Waals surface area contributed by atoms with Crippen LogP contribution in [0.2, 0.25) is 13.1 Å². The number of rotatable bonds is 7. The molecular weight excluding hydrogens is 244 g/mol. The fraction of sp³-hybridized carbons (Fsp3) is 0.357. The third-order valence-electron chi connectivity index (χ3n) is 2.29. The van der Waals surface area contributed by atoms with E-state index in [1.807, 2.05) is 18.2 Å². The third-order valence-corrected chi connectivity index (χ3v) is 2.92. The Hall–Kier alpha value is -1.55. The van der Waals surface area contributed by atoms with Crippen LogP contribution in [0.15, 0.2) is 36.9 Å². The first kappa shape index (κ1) is 14.5. The van der Waals surface area contributed by atoms with E-state index in [9.17, 15) is 4.79 Å². The van der Waals surface area contributed by atoms with E-state index in [2.05, 4.69) is 25.7 Å². The summed E-state index contributed by atoms with van der Waals surface area (Å²) in [5.41, 5.74) is 1.17. The maximum absolute atomic E-state index is 10.9. The molecule has 0 heterocycles. The summed E-state index contributed by atoms with van der Waals surface area (Å²) in [7, 11) is -0.755. The summed E-state index contributed by atoms with van der Waals surface area (Å²) in [6.07, 6.45) is 2.81. The van der Waals surface area contributed by atoms with Crippen LogP contribution in [-0.2, 0) is 16.0 Å². The van der Waals surface area contributed by atoms with Gasteiger partial charge in [-0.25, -0.2) is 4.79 Å². The van der Waals surface area contributed by atoms with E-state index >= 15 is 0 Å². The van der Waals surface area contributed by atoms with Crippen LogP contribution in [0.3, 0.4) is 0 Å². The second-order valence-corrected chi connectivity index (χ2v) is 6.11. The van der Waals surface area contributed by atoms with Crippen molar-refractivity contribution in [2.45, 2.75) is 25.9 Å². The van der Waals surface area contributed by atoms with E-state index in [-0.39, 0.29) is 5.97 Å². The van der Waals surface area contributed by atoms with Gasteiger partial charge in [0.15, 0.2) is 0 Å². The molecule has 0 aliphatic rings. The number of carbonyl (C=O) groups is 1. The fourth-order valence-corrected chi connectivity index (χ4v) is 2.16. The standard InChI is InChI=1S/C14H19O3Si/c1-4-14(15)16-11-7-9-12-8-5-6-10-13(12)17-18(2)3/h4-6,8,10H,1,7,9,11H2,2-3H3. The van der Waals surface area contributed by atoms with E-state index < -0.39 is 9.04 Å². The van der Waals surface area contributed by atoms with Crippen LogP contribution in [0.4, 0.5) is 0 Å². The molecular formula is C14H19O3Si. The summed E-state index contributed by atoms with van der Waals surface area (Å²) < 4.78 is 10.8. The molecule has 0 fully saturated rings. The van der Waals surface area contributed by atoms with Gasteiger partial charge in [-0.2, -0.15) is 0 Å². The molecule has 0 spiro atoms. The van der Waals surface area contributed by atoms with Crippen molar-refractivity contribution in [2.24, 2.45) is 0 Å². The lowest BCUT2D eigenvalue weighted by Crippen LogP contribution is -2.12. The smallest absolute Gasteiger partial charge is 0.330 e. The zero-order valence-electron chi connectivity index (χ0n) is 10.9. The zero-order chi connectivity index (χ0) is 13.4. The third kappa shape index (κ3) is 5.18. The van der Waals surface area contributed by atoms with Crippen molar-refractivity contribution in [1.29, 1.82) is 0 Å². The van der Waals surface area contributed by atoms with Gasteiger partial charge < -0.3 is 9.16 Å². The average molecular weight is 263 g/mol. The normalized spacial score (nSPS) is 10.2. The molecule has 1 aromatic rings. The molecule has 1 rings (SSSR count). The van der Waals surface area contributed by atoms with Gasteiger partial charge in [-0.05, 0) is 37.6 Å². The highest BCUT2D eigenvalue weighted by atomic mass is 28.3. The molecule has 0 atom stereocenters. The van der Waals surface area contributed by atoms with Crippen LogP contribution >= 0.6 is 0 Å². The van der Waals surface area contributed by atoms with Crippen molar-refractivity contribution >= 4 is 15.0 Å². The van der Waals surface area contributed by atoms with Crippen LogP contribution in [0.1, 0.15) is 12.0 Å². The lowest BCUT2D eigenvalue weighted by atomic mass is 10.1. The minimum atomic E-state index is -0.755. The number of hydrogen-bond acceptors (Lipinski definition) is 3. The van der Waals surface area contributed by atoms with Crippen LogP contribution in [-0.4, -0.2) is 21.6 Å². The summed E-state index contributed by atoms with van der Waals surface area (Å²) in [5.74, 6) is 0.582. The number of esters is 1. The summed E-state index contributed by atoms with van der Waals surface area (Å²) in [5, 5.41) is 0. The van der Waals surface area contributed by atoms with Gasteiger partial charge in [0.2, 0.25) is 0 Å². The lowest BCUT2D eigenvalue weighted by molar-refractivity contribution is -0.137. The van der Waals surface area contributed by atoms with E-state index in [0.717, 1.165) is 18.6 Å². The topological polar surface area (TPSA) is 35.5 Å². The maximum atomic E-state index is 10.9. The van der Waals surface area contributed by atoms with Gasteiger partial charge in [0, 0.05) is 6.08 Å². The molecule has 0 saturated carbocycles. The van der Waals surface area contributed by atoms with Gasteiger partial charge in [0.05, 0.1) is 6.61 Å². The number of carbonyl (C=O) groups excluding carboxylic acids is 1. The number of aryl methyl sites for hydroxylation is 1. The largest absolute Gasteiger partial charge is 0.542 e. The molecule has 4 heteroatoms. The molecule has 0 aliphatic heterocycles. The van der Waals surface area contributed by atoms with Crippen molar-refractivity contribution in [2.75, 3.05) is 6.61 Å². The Morgan fingerprint density at radius 1 is 1.39 bits per heavy atom. The van der Waals surface area contributed by atoms with Gasteiger partial charge in [-0.3, -0.25) is 0 Å². The van der Waals surface area contributed by atoms with Crippen molar-refractivity contribution in [3.8, 4) is 5.75 Å². The van der Waals surface area contributed by atoms with E-state index in [4.69, 9.17) is 9.16 Å². The molecule has 0 unspecified atom stereocenters. The van der Waals surface area contributed by atoms with Crippen molar-refractivity contribution in [3.05, 3.63) is 42.5 Å². The molecule has 1 aromatic carbocycles. The molecule has 18 heavy (non-hydrogen) atoms. The Labute approximate surface area is 110 Å². The summed E-state index contributed by atoms with van der Waals surface area (Å²) >= 11 is 0. The first-order chi connectivity index (χ1) is 8.63. The monoisotopic (exact) mass is 263 g/mol. The first-order valence-electron chi connectivity index (χ1n) is 5.98. The van der Waals surface area contributed by atoms with E-state index in [0.29, 0.717) is 6.61 Å². The number of hydrogen-bond donors (Lipinski definition) is 0. The van der Waals surface area contributed by atoms with Gasteiger partial charge in [0.1, 0.15) is 5.75 Å². The van der Waals surface area contributed by atoms with Crippen molar-refractivity contribution < 1.29 is 14.0 Å². The summed E-state index contributed by atoms with van der Waals surface area (Å²) in [6, 6.07) is 8.01. The Morgan fingerprint density at radius 3 is 2.78 bits per heavy atom. The number of benzene rings is 1. The molecule has 0 N–H and O–H groups in total. The van der Waals surface area contributed by atoms with Gasteiger partial charge in [0.25, 0.3) is 9.04 Å². The summed E-state index contributed by atoms with van der Waals surface area (Å²) in [4.78, 5) is 10.9. The summed E-state index contributed by atoms with van der Waals surface area (Å²) in [6.45, 7) is 7.97. The molecule has 0 aliphatic carbocycles. The molecule has 0 saturated heterocycles. The molecule has 0 aromatic heterocycles. The van der Waals surface area contributed by atoms with Crippen molar-refractivity contribution in [3.63, 3.8) is 0 Å².